The molecule has 2 N–H and O–H groups in total. The van der Waals surface area contributed by atoms with Crippen LogP contribution in [0.3, 0.4) is 0 Å². The van der Waals surface area contributed by atoms with Crippen LogP contribution in [-0.4, -0.2) is 44.0 Å². The van der Waals surface area contributed by atoms with E-state index in [2.05, 4.69) is 27.8 Å². The third-order valence-corrected chi connectivity index (χ3v) is 4.42. The number of likely N-dealkylation sites (N-methyl/N-ethyl adjacent to an activating group) is 1. The lowest BCUT2D eigenvalue weighted by atomic mass is 10.0. The Morgan fingerprint density at radius 3 is 2.70 bits per heavy atom. The lowest BCUT2D eigenvalue weighted by Gasteiger charge is -2.21. The summed E-state index contributed by atoms with van der Waals surface area (Å²) in [5.41, 5.74) is 4.96. The Hall–Kier alpha value is -2.86. The maximum absolute atomic E-state index is 12.0. The number of hydrogen-bond donors (Lipinski definition) is 2. The summed E-state index contributed by atoms with van der Waals surface area (Å²) in [5, 5.41) is 6.21. The maximum atomic E-state index is 12.0. The van der Waals surface area contributed by atoms with Gasteiger partial charge in [-0.2, -0.15) is 4.99 Å². The minimum atomic E-state index is -0.0356. The Bertz CT molecular complexity index is 832. The van der Waals surface area contributed by atoms with Crippen molar-refractivity contribution in [2.45, 2.75) is 20.0 Å². The second-order valence-electron chi connectivity index (χ2n) is 6.89. The van der Waals surface area contributed by atoms with Gasteiger partial charge in [-0.1, -0.05) is 30.3 Å². The Labute approximate surface area is 160 Å². The van der Waals surface area contributed by atoms with Crippen molar-refractivity contribution in [3.8, 4) is 0 Å². The van der Waals surface area contributed by atoms with E-state index in [4.69, 9.17) is 4.74 Å². The summed E-state index contributed by atoms with van der Waals surface area (Å²) in [5.74, 6) is -0.0356. The van der Waals surface area contributed by atoms with Crippen molar-refractivity contribution < 1.29 is 9.53 Å². The number of carbonyl (C=O) groups is 1. The van der Waals surface area contributed by atoms with E-state index in [1.807, 2.05) is 56.3 Å². The highest BCUT2D eigenvalue weighted by Gasteiger charge is 2.18. The topological polar surface area (TPSA) is 66.0 Å². The molecule has 0 saturated heterocycles. The largest absolute Gasteiger partial charge is 0.460 e. The summed E-state index contributed by atoms with van der Waals surface area (Å²) in [7, 11) is 3.74. The van der Waals surface area contributed by atoms with Gasteiger partial charge in [0.1, 0.15) is 6.61 Å². The van der Waals surface area contributed by atoms with Gasteiger partial charge >= 0.3 is 0 Å². The van der Waals surface area contributed by atoms with Crippen LogP contribution in [-0.2, 0) is 22.6 Å². The molecule has 27 heavy (non-hydrogen) atoms. The monoisotopic (exact) mass is 366 g/mol. The lowest BCUT2D eigenvalue weighted by Crippen LogP contribution is -2.30. The molecule has 1 aliphatic rings. The highest BCUT2D eigenvalue weighted by molar-refractivity contribution is 5.93. The number of rotatable bonds is 6. The van der Waals surface area contributed by atoms with Crippen LogP contribution in [0.1, 0.15) is 16.7 Å². The number of nitrogens with one attached hydrogen (secondary N) is 2. The Morgan fingerprint density at radius 1 is 1.19 bits per heavy atom. The second-order valence-corrected chi connectivity index (χ2v) is 6.89. The first-order valence-corrected chi connectivity index (χ1v) is 9.09. The number of aliphatic imine (C=N–C) groups is 1. The molecule has 1 amide bonds. The molecule has 0 saturated carbocycles. The third kappa shape index (κ3) is 5.08. The smallest absolute Gasteiger partial charge is 0.290 e. The molecule has 0 unspecified atom stereocenters. The van der Waals surface area contributed by atoms with Gasteiger partial charge in [-0.05, 0) is 50.7 Å². The quantitative estimate of drug-likeness (QED) is 0.825. The van der Waals surface area contributed by atoms with Gasteiger partial charge in [0.05, 0.1) is 12.2 Å². The summed E-state index contributed by atoms with van der Waals surface area (Å²) in [6, 6.07) is 14.7. The first-order valence-electron chi connectivity index (χ1n) is 9.09. The number of benzene rings is 2. The van der Waals surface area contributed by atoms with E-state index in [0.717, 1.165) is 35.5 Å². The van der Waals surface area contributed by atoms with Gasteiger partial charge in [0.2, 0.25) is 5.91 Å². The number of fused-ring (bicyclic) bond motifs is 1. The second kappa shape index (κ2) is 8.68. The summed E-state index contributed by atoms with van der Waals surface area (Å²) >= 11 is 0. The number of amides is 1. The number of amidine groups is 1. The van der Waals surface area contributed by atoms with Crippen LogP contribution < -0.4 is 10.6 Å². The fraction of sp³-hybridized carbons (Fsp3) is 0.333. The molecule has 0 aliphatic carbocycles. The van der Waals surface area contributed by atoms with Crippen LogP contribution >= 0.6 is 0 Å². The average Bonchev–Trinajstić information content (AvgIpc) is 2.64. The zero-order valence-electron chi connectivity index (χ0n) is 16.1. The Morgan fingerprint density at radius 2 is 1.96 bits per heavy atom. The molecule has 0 fully saturated rings. The van der Waals surface area contributed by atoms with Crippen molar-refractivity contribution in [3.63, 3.8) is 0 Å². The third-order valence-electron chi connectivity index (χ3n) is 4.42. The zero-order valence-corrected chi connectivity index (χ0v) is 16.1. The molecule has 2 aromatic rings. The van der Waals surface area contributed by atoms with E-state index in [9.17, 15) is 4.79 Å². The fourth-order valence-corrected chi connectivity index (χ4v) is 2.97. The minimum Gasteiger partial charge on any atom is -0.460 e. The van der Waals surface area contributed by atoms with Crippen LogP contribution in [0.4, 0.5) is 11.4 Å². The van der Waals surface area contributed by atoms with Crippen molar-refractivity contribution in [2.24, 2.45) is 4.99 Å². The van der Waals surface area contributed by atoms with E-state index in [1.165, 1.54) is 5.56 Å². The van der Waals surface area contributed by atoms with Crippen molar-refractivity contribution >= 4 is 23.3 Å². The Kier molecular flexibility index (Phi) is 6.08. The molecule has 6 heteroatoms. The van der Waals surface area contributed by atoms with E-state index >= 15 is 0 Å². The number of nitrogens with zero attached hydrogens (tertiary/aromatic N) is 2. The standard InChI is InChI=1S/C21H26N4O2/c1-15-17-14-27-21(22-12-11-16-7-5-4-6-8-16)24-19(17)10-9-18(15)23-20(26)13-25(2)3/h4-10H,11-14H2,1-3H3,(H,22,24)(H,23,26). The van der Waals surface area contributed by atoms with Crippen LogP contribution in [0.25, 0.3) is 0 Å². The molecule has 6 nitrogen and oxygen atoms in total. The summed E-state index contributed by atoms with van der Waals surface area (Å²) in [6.45, 7) is 3.53. The highest BCUT2D eigenvalue weighted by atomic mass is 16.5. The molecule has 0 radical (unpaired) electrons. The lowest BCUT2D eigenvalue weighted by molar-refractivity contribution is -0.116. The average molecular weight is 366 g/mol. The van der Waals surface area contributed by atoms with Gasteiger partial charge in [-0.3, -0.25) is 4.79 Å². The Balaban J connectivity index is 1.63. The van der Waals surface area contributed by atoms with Crippen LogP contribution in [0.2, 0.25) is 0 Å². The molecule has 0 aromatic heterocycles. The van der Waals surface area contributed by atoms with Gasteiger partial charge in [-0.25, -0.2) is 0 Å². The normalized spacial score (nSPS) is 12.8. The van der Waals surface area contributed by atoms with E-state index in [1.54, 1.807) is 0 Å². The summed E-state index contributed by atoms with van der Waals surface area (Å²) in [6.07, 6.45) is 0.909. The zero-order chi connectivity index (χ0) is 19.2. The van der Waals surface area contributed by atoms with Crippen LogP contribution in [0.15, 0.2) is 47.5 Å². The molecule has 0 bridgehead atoms. The van der Waals surface area contributed by atoms with E-state index in [0.29, 0.717) is 19.2 Å². The van der Waals surface area contributed by atoms with Crippen molar-refractivity contribution in [1.82, 2.24) is 10.2 Å². The number of anilines is 1. The van der Waals surface area contributed by atoms with E-state index in [-0.39, 0.29) is 5.91 Å². The van der Waals surface area contributed by atoms with Crippen molar-refractivity contribution in [2.75, 3.05) is 32.5 Å². The van der Waals surface area contributed by atoms with Crippen molar-refractivity contribution in [3.05, 3.63) is 59.2 Å². The van der Waals surface area contributed by atoms with Gasteiger partial charge in [-0.15, -0.1) is 0 Å². The maximum Gasteiger partial charge on any atom is 0.290 e. The predicted molar refractivity (Wildman–Crippen MR) is 108 cm³/mol. The molecule has 142 valence electrons. The van der Waals surface area contributed by atoms with Gasteiger partial charge < -0.3 is 20.3 Å². The molecule has 2 aromatic carbocycles. The highest BCUT2D eigenvalue weighted by Crippen LogP contribution is 2.31. The van der Waals surface area contributed by atoms with Crippen molar-refractivity contribution in [1.29, 1.82) is 0 Å². The number of ether oxygens (including phenoxy) is 1. The molecular weight excluding hydrogens is 340 g/mol. The first kappa shape index (κ1) is 18.9. The minimum absolute atomic E-state index is 0.0356. The first-order chi connectivity index (χ1) is 13.0. The summed E-state index contributed by atoms with van der Waals surface area (Å²) < 4.78 is 5.77. The SMILES string of the molecule is Cc1c(NC(=O)CN(C)C)ccc2c1COC(NCCc1ccccc1)=N2. The van der Waals surface area contributed by atoms with E-state index < -0.39 is 0 Å². The van der Waals surface area contributed by atoms with Gasteiger partial charge in [0.15, 0.2) is 0 Å². The molecular formula is C21H26N4O2. The number of hydrogen-bond acceptors (Lipinski definition) is 5. The molecule has 1 aliphatic heterocycles. The molecule has 0 atom stereocenters. The molecule has 3 rings (SSSR count). The fourth-order valence-electron chi connectivity index (χ4n) is 2.97. The molecule has 1 heterocycles. The summed E-state index contributed by atoms with van der Waals surface area (Å²) in [4.78, 5) is 18.4. The molecule has 0 spiro atoms. The number of carbonyl (C=O) groups excluding carboxylic acids is 1. The van der Waals surface area contributed by atoms with Crippen LogP contribution in [0.5, 0.6) is 0 Å². The predicted octanol–water partition coefficient (Wildman–Crippen LogP) is 2.85. The van der Waals surface area contributed by atoms with Crippen LogP contribution in [0, 0.1) is 6.92 Å². The van der Waals surface area contributed by atoms with Gasteiger partial charge in [0, 0.05) is 17.8 Å². The van der Waals surface area contributed by atoms with Gasteiger partial charge in [0.25, 0.3) is 6.02 Å².